The quantitative estimate of drug-likeness (QED) is 0.785. The first kappa shape index (κ1) is 12.4. The maximum Gasteiger partial charge on any atom is 0.213 e. The average Bonchev–Trinajstić information content (AvgIpc) is 2.89. The smallest absolute Gasteiger partial charge is 0.213 e. The molecule has 0 saturated heterocycles. The first-order valence-electron chi connectivity index (χ1n) is 6.29. The number of aromatic nitrogens is 4. The van der Waals surface area contributed by atoms with Crippen molar-refractivity contribution >= 4 is 11.3 Å². The predicted molar refractivity (Wildman–Crippen MR) is 75.8 cm³/mol. The fourth-order valence-corrected chi connectivity index (χ4v) is 2.05. The zero-order valence-electron chi connectivity index (χ0n) is 11.4. The highest BCUT2D eigenvalue weighted by molar-refractivity contribution is 5.49. The fourth-order valence-electron chi connectivity index (χ4n) is 2.05. The number of anilines is 1. The van der Waals surface area contributed by atoms with E-state index in [1.165, 1.54) is 0 Å². The molecule has 0 radical (unpaired) electrons. The van der Waals surface area contributed by atoms with Gasteiger partial charge in [-0.3, -0.25) is 9.38 Å². The van der Waals surface area contributed by atoms with Gasteiger partial charge in [-0.2, -0.15) is 0 Å². The van der Waals surface area contributed by atoms with Gasteiger partial charge in [0.1, 0.15) is 0 Å². The molecule has 0 saturated carbocycles. The van der Waals surface area contributed by atoms with Gasteiger partial charge in [-0.15, -0.1) is 0 Å². The summed E-state index contributed by atoms with van der Waals surface area (Å²) in [6.07, 6.45) is 7.23. The largest absolute Gasteiger partial charge is 0.481 e. The minimum atomic E-state index is 0.619. The first-order valence-corrected chi connectivity index (χ1v) is 6.29. The van der Waals surface area contributed by atoms with E-state index in [0.717, 1.165) is 22.7 Å². The third kappa shape index (κ3) is 2.27. The molecule has 0 aromatic carbocycles. The van der Waals surface area contributed by atoms with Crippen LogP contribution in [0.25, 0.3) is 5.65 Å². The average molecular weight is 269 g/mol. The minimum absolute atomic E-state index is 0.619. The van der Waals surface area contributed by atoms with Crippen molar-refractivity contribution in [3.05, 3.63) is 48.3 Å². The maximum atomic E-state index is 5.10. The van der Waals surface area contributed by atoms with Crippen LogP contribution in [0.2, 0.25) is 0 Å². The first-order chi connectivity index (χ1) is 9.78. The number of rotatable bonds is 4. The molecule has 20 heavy (non-hydrogen) atoms. The number of nitrogens with zero attached hydrogens (tertiary/aromatic N) is 4. The van der Waals surface area contributed by atoms with E-state index in [2.05, 4.69) is 20.3 Å². The van der Waals surface area contributed by atoms with Crippen molar-refractivity contribution in [1.29, 1.82) is 0 Å². The molecule has 0 aliphatic rings. The molecule has 0 spiro atoms. The van der Waals surface area contributed by atoms with Gasteiger partial charge in [-0.1, -0.05) is 0 Å². The Morgan fingerprint density at radius 3 is 3.00 bits per heavy atom. The van der Waals surface area contributed by atoms with Gasteiger partial charge < -0.3 is 10.1 Å². The van der Waals surface area contributed by atoms with Gasteiger partial charge in [0.15, 0.2) is 5.65 Å². The molecule has 0 unspecified atom stereocenters. The summed E-state index contributed by atoms with van der Waals surface area (Å²) in [5, 5.41) is 3.36. The summed E-state index contributed by atoms with van der Waals surface area (Å²) in [7, 11) is 1.61. The topological polar surface area (TPSA) is 64.3 Å². The molecular weight excluding hydrogens is 254 g/mol. The number of methoxy groups -OCH3 is 1. The highest BCUT2D eigenvalue weighted by atomic mass is 16.5. The van der Waals surface area contributed by atoms with Crippen LogP contribution in [0.5, 0.6) is 5.88 Å². The summed E-state index contributed by atoms with van der Waals surface area (Å²) >= 11 is 0. The molecule has 3 heterocycles. The Kier molecular flexibility index (Phi) is 3.20. The SMILES string of the molecule is COc1ccc(NCc2cnc3cnccn23)c(C)n1. The molecule has 6 nitrogen and oxygen atoms in total. The van der Waals surface area contributed by atoms with Gasteiger partial charge in [0.25, 0.3) is 0 Å². The van der Waals surface area contributed by atoms with Crippen molar-refractivity contribution in [2.75, 3.05) is 12.4 Å². The Labute approximate surface area is 116 Å². The van der Waals surface area contributed by atoms with Crippen LogP contribution < -0.4 is 10.1 Å². The van der Waals surface area contributed by atoms with Crippen molar-refractivity contribution in [2.45, 2.75) is 13.5 Å². The standard InChI is InChI=1S/C14H15N5O/c1-10-12(3-4-14(18-10)20-2)16-7-11-8-17-13-9-15-5-6-19(11)13/h3-6,8-9,16H,7H2,1-2H3. The Morgan fingerprint density at radius 2 is 2.20 bits per heavy atom. The van der Waals surface area contributed by atoms with Crippen molar-refractivity contribution < 1.29 is 4.74 Å². The van der Waals surface area contributed by atoms with E-state index in [9.17, 15) is 0 Å². The lowest BCUT2D eigenvalue weighted by Gasteiger charge is -2.09. The van der Waals surface area contributed by atoms with E-state index in [0.29, 0.717) is 12.4 Å². The third-order valence-corrected chi connectivity index (χ3v) is 3.12. The zero-order valence-corrected chi connectivity index (χ0v) is 11.4. The van der Waals surface area contributed by atoms with Crippen LogP contribution in [0.3, 0.4) is 0 Å². The summed E-state index contributed by atoms with van der Waals surface area (Å²) in [5.74, 6) is 0.619. The second-order valence-corrected chi connectivity index (χ2v) is 4.39. The van der Waals surface area contributed by atoms with Crippen LogP contribution in [-0.4, -0.2) is 26.5 Å². The summed E-state index contributed by atoms with van der Waals surface area (Å²) < 4.78 is 7.10. The predicted octanol–water partition coefficient (Wildman–Crippen LogP) is 2.05. The Morgan fingerprint density at radius 1 is 1.30 bits per heavy atom. The van der Waals surface area contributed by atoms with Gasteiger partial charge in [0.05, 0.1) is 43.1 Å². The lowest BCUT2D eigenvalue weighted by atomic mass is 10.3. The summed E-state index contributed by atoms with van der Waals surface area (Å²) in [6.45, 7) is 2.61. The molecule has 3 rings (SSSR count). The van der Waals surface area contributed by atoms with E-state index in [-0.39, 0.29) is 0 Å². The van der Waals surface area contributed by atoms with Crippen LogP contribution >= 0.6 is 0 Å². The van der Waals surface area contributed by atoms with Crippen LogP contribution in [0.1, 0.15) is 11.4 Å². The molecule has 102 valence electrons. The molecule has 0 fully saturated rings. The molecule has 6 heteroatoms. The van der Waals surface area contributed by atoms with Crippen LogP contribution in [0.4, 0.5) is 5.69 Å². The number of pyridine rings is 1. The third-order valence-electron chi connectivity index (χ3n) is 3.12. The zero-order chi connectivity index (χ0) is 13.9. The van der Waals surface area contributed by atoms with E-state index in [1.807, 2.05) is 35.9 Å². The van der Waals surface area contributed by atoms with E-state index >= 15 is 0 Å². The Balaban J connectivity index is 1.79. The number of hydrogen-bond donors (Lipinski definition) is 1. The van der Waals surface area contributed by atoms with Crippen LogP contribution in [0, 0.1) is 6.92 Å². The van der Waals surface area contributed by atoms with Gasteiger partial charge in [-0.25, -0.2) is 9.97 Å². The molecule has 3 aromatic heterocycles. The van der Waals surface area contributed by atoms with Crippen molar-refractivity contribution in [2.24, 2.45) is 0 Å². The lowest BCUT2D eigenvalue weighted by molar-refractivity contribution is 0.397. The normalized spacial score (nSPS) is 10.7. The van der Waals surface area contributed by atoms with Gasteiger partial charge >= 0.3 is 0 Å². The molecule has 0 bridgehead atoms. The van der Waals surface area contributed by atoms with Crippen molar-refractivity contribution in [3.8, 4) is 5.88 Å². The second-order valence-electron chi connectivity index (χ2n) is 4.39. The van der Waals surface area contributed by atoms with Crippen molar-refractivity contribution in [3.63, 3.8) is 0 Å². The fraction of sp³-hybridized carbons (Fsp3) is 0.214. The highest BCUT2D eigenvalue weighted by Crippen LogP contribution is 2.17. The summed E-state index contributed by atoms with van der Waals surface area (Å²) in [4.78, 5) is 12.7. The lowest BCUT2D eigenvalue weighted by Crippen LogP contribution is -2.05. The highest BCUT2D eigenvalue weighted by Gasteiger charge is 2.05. The van der Waals surface area contributed by atoms with E-state index in [1.54, 1.807) is 19.5 Å². The molecule has 0 aliphatic heterocycles. The van der Waals surface area contributed by atoms with Gasteiger partial charge in [0.2, 0.25) is 5.88 Å². The van der Waals surface area contributed by atoms with Gasteiger partial charge in [0, 0.05) is 18.5 Å². The number of aryl methyl sites for hydroxylation is 1. The summed E-state index contributed by atoms with van der Waals surface area (Å²) in [5.41, 5.74) is 3.79. The molecule has 0 aliphatic carbocycles. The summed E-state index contributed by atoms with van der Waals surface area (Å²) in [6, 6.07) is 3.81. The molecule has 0 atom stereocenters. The van der Waals surface area contributed by atoms with E-state index in [4.69, 9.17) is 4.74 Å². The number of nitrogens with one attached hydrogen (secondary N) is 1. The molecule has 1 N–H and O–H groups in total. The Hall–Kier alpha value is -2.63. The molecular formula is C14H15N5O. The van der Waals surface area contributed by atoms with Crippen LogP contribution in [0.15, 0.2) is 36.9 Å². The number of imidazole rings is 1. The minimum Gasteiger partial charge on any atom is -0.481 e. The van der Waals surface area contributed by atoms with Crippen molar-refractivity contribution in [1.82, 2.24) is 19.4 Å². The van der Waals surface area contributed by atoms with E-state index < -0.39 is 0 Å². The number of ether oxygens (including phenoxy) is 1. The molecule has 3 aromatic rings. The second kappa shape index (κ2) is 5.16. The number of fused-ring (bicyclic) bond motifs is 1. The maximum absolute atomic E-state index is 5.10. The monoisotopic (exact) mass is 269 g/mol. The van der Waals surface area contributed by atoms with Gasteiger partial charge in [-0.05, 0) is 13.0 Å². The molecule has 0 amide bonds. The number of hydrogen-bond acceptors (Lipinski definition) is 5. The van der Waals surface area contributed by atoms with Crippen LogP contribution in [-0.2, 0) is 6.54 Å². The Bertz CT molecular complexity index is 737.